The normalized spacial score (nSPS) is 19.5. The Hall–Kier alpha value is -3.02. The number of imide groups is 1. The van der Waals surface area contributed by atoms with Gasteiger partial charge in [0, 0.05) is 38.5 Å². The summed E-state index contributed by atoms with van der Waals surface area (Å²) in [7, 11) is 0. The molecule has 1 unspecified atom stereocenters. The third-order valence-corrected chi connectivity index (χ3v) is 4.88. The van der Waals surface area contributed by atoms with Crippen LogP contribution < -0.4 is 5.32 Å². The number of carbonyl (C=O) groups excluding carboxylic acids is 6. The SMILES string of the molecule is CC(C)C[C@H](NC(=O)CCCCC(=O)ON1C(=O)CCC1=O)C(=O)ON1C(=O)CCC1O. The maximum absolute atomic E-state index is 12.4. The van der Waals surface area contributed by atoms with Gasteiger partial charge < -0.3 is 20.1 Å². The number of hydrogen-bond donors (Lipinski definition) is 2. The number of nitrogens with one attached hydrogen (secondary N) is 1. The number of hydroxylamine groups is 4. The van der Waals surface area contributed by atoms with E-state index in [9.17, 15) is 33.9 Å². The van der Waals surface area contributed by atoms with Crippen LogP contribution in [0, 0.1) is 5.92 Å². The maximum Gasteiger partial charge on any atom is 0.354 e. The van der Waals surface area contributed by atoms with Crippen LogP contribution in [0.25, 0.3) is 0 Å². The second-order valence-corrected chi connectivity index (χ2v) is 8.15. The molecule has 32 heavy (non-hydrogen) atoms. The minimum atomic E-state index is -1.20. The Morgan fingerprint density at radius 1 is 1.00 bits per heavy atom. The van der Waals surface area contributed by atoms with Crippen molar-refractivity contribution in [3.8, 4) is 0 Å². The van der Waals surface area contributed by atoms with Crippen molar-refractivity contribution >= 4 is 35.6 Å². The molecule has 0 spiro atoms. The molecular formula is C20H29N3O9. The van der Waals surface area contributed by atoms with Gasteiger partial charge in [0.05, 0.1) is 0 Å². The average molecular weight is 455 g/mol. The molecule has 4 amide bonds. The van der Waals surface area contributed by atoms with E-state index in [-0.39, 0.29) is 57.3 Å². The number of aliphatic hydroxyl groups is 1. The Balaban J connectivity index is 1.74. The van der Waals surface area contributed by atoms with Gasteiger partial charge in [0.1, 0.15) is 6.04 Å². The van der Waals surface area contributed by atoms with E-state index in [1.807, 2.05) is 13.8 Å². The van der Waals surface area contributed by atoms with Gasteiger partial charge in [-0.15, -0.1) is 10.1 Å². The van der Waals surface area contributed by atoms with Crippen LogP contribution in [0.3, 0.4) is 0 Å². The first-order valence-corrected chi connectivity index (χ1v) is 10.7. The number of hydrogen-bond acceptors (Lipinski definition) is 9. The Kier molecular flexibility index (Phi) is 9.12. The summed E-state index contributed by atoms with van der Waals surface area (Å²) in [5.41, 5.74) is 0. The summed E-state index contributed by atoms with van der Waals surface area (Å²) in [4.78, 5) is 80.7. The molecule has 2 aliphatic rings. The van der Waals surface area contributed by atoms with E-state index in [2.05, 4.69) is 5.32 Å². The Labute approximate surface area is 185 Å². The van der Waals surface area contributed by atoms with Crippen LogP contribution in [0.4, 0.5) is 0 Å². The van der Waals surface area contributed by atoms with Crippen molar-refractivity contribution in [2.45, 2.75) is 83.9 Å². The molecule has 0 bridgehead atoms. The Morgan fingerprint density at radius 3 is 2.19 bits per heavy atom. The Bertz CT molecular complexity index is 751. The third kappa shape index (κ3) is 7.29. The number of carbonyl (C=O) groups is 6. The molecule has 2 fully saturated rings. The van der Waals surface area contributed by atoms with Crippen LogP contribution in [-0.2, 0) is 38.4 Å². The number of aliphatic hydroxyl groups excluding tert-OH is 1. The first-order valence-electron chi connectivity index (χ1n) is 10.7. The van der Waals surface area contributed by atoms with Crippen LogP contribution in [0.2, 0.25) is 0 Å². The van der Waals surface area contributed by atoms with Crippen LogP contribution in [0.5, 0.6) is 0 Å². The highest BCUT2D eigenvalue weighted by molar-refractivity contribution is 6.01. The fraction of sp³-hybridized carbons (Fsp3) is 0.700. The minimum absolute atomic E-state index is 0.0111. The maximum atomic E-state index is 12.4. The topological polar surface area (TPSA) is 160 Å². The molecule has 2 heterocycles. The van der Waals surface area contributed by atoms with E-state index in [4.69, 9.17) is 9.68 Å². The predicted octanol–water partition coefficient (Wildman–Crippen LogP) is 0.0839. The minimum Gasteiger partial charge on any atom is -0.370 e. The van der Waals surface area contributed by atoms with Crippen molar-refractivity contribution in [2.75, 3.05) is 0 Å². The van der Waals surface area contributed by atoms with Crippen molar-refractivity contribution in [2.24, 2.45) is 5.92 Å². The zero-order valence-electron chi connectivity index (χ0n) is 18.2. The van der Waals surface area contributed by atoms with Crippen molar-refractivity contribution in [3.05, 3.63) is 0 Å². The highest BCUT2D eigenvalue weighted by Crippen LogP contribution is 2.18. The molecule has 2 N–H and O–H groups in total. The summed E-state index contributed by atoms with van der Waals surface area (Å²) in [5, 5.41) is 13.4. The summed E-state index contributed by atoms with van der Waals surface area (Å²) >= 11 is 0. The fourth-order valence-corrected chi connectivity index (χ4v) is 3.23. The van der Waals surface area contributed by atoms with Gasteiger partial charge in [-0.25, -0.2) is 9.59 Å². The lowest BCUT2D eigenvalue weighted by atomic mass is 10.0. The third-order valence-electron chi connectivity index (χ3n) is 4.88. The second kappa shape index (κ2) is 11.6. The monoisotopic (exact) mass is 455 g/mol. The molecule has 178 valence electrons. The van der Waals surface area contributed by atoms with Crippen LogP contribution in [-0.4, -0.2) is 63.1 Å². The van der Waals surface area contributed by atoms with Crippen molar-refractivity contribution in [3.63, 3.8) is 0 Å². The van der Waals surface area contributed by atoms with E-state index in [1.54, 1.807) is 0 Å². The van der Waals surface area contributed by atoms with E-state index in [0.717, 1.165) is 0 Å². The molecule has 12 nitrogen and oxygen atoms in total. The molecule has 0 saturated carbocycles. The fourth-order valence-electron chi connectivity index (χ4n) is 3.23. The van der Waals surface area contributed by atoms with Crippen LogP contribution in [0.1, 0.15) is 71.6 Å². The molecule has 2 atom stereocenters. The molecule has 12 heteroatoms. The molecule has 2 rings (SSSR count). The summed E-state index contributed by atoms with van der Waals surface area (Å²) in [6, 6.07) is -1.000. The van der Waals surface area contributed by atoms with Crippen molar-refractivity contribution in [1.82, 2.24) is 15.4 Å². The zero-order valence-corrected chi connectivity index (χ0v) is 18.2. The van der Waals surface area contributed by atoms with Gasteiger partial charge in [-0.3, -0.25) is 19.2 Å². The Morgan fingerprint density at radius 2 is 1.62 bits per heavy atom. The molecule has 0 aromatic rings. The lowest BCUT2D eigenvalue weighted by Crippen LogP contribution is -2.46. The van der Waals surface area contributed by atoms with E-state index < -0.39 is 47.8 Å². The molecule has 2 aliphatic heterocycles. The van der Waals surface area contributed by atoms with Crippen molar-refractivity contribution < 1.29 is 43.5 Å². The lowest BCUT2D eigenvalue weighted by Gasteiger charge is -2.24. The molecule has 0 aliphatic carbocycles. The quantitative estimate of drug-likeness (QED) is 0.325. The van der Waals surface area contributed by atoms with Crippen LogP contribution >= 0.6 is 0 Å². The van der Waals surface area contributed by atoms with E-state index in [1.165, 1.54) is 0 Å². The van der Waals surface area contributed by atoms with Crippen LogP contribution in [0.15, 0.2) is 0 Å². The molecule has 0 aromatic heterocycles. The first-order chi connectivity index (χ1) is 15.1. The van der Waals surface area contributed by atoms with Gasteiger partial charge in [-0.05, 0) is 25.2 Å². The van der Waals surface area contributed by atoms with Gasteiger partial charge in [-0.2, -0.15) is 0 Å². The van der Waals surface area contributed by atoms with Gasteiger partial charge >= 0.3 is 11.9 Å². The highest BCUT2D eigenvalue weighted by atomic mass is 16.7. The van der Waals surface area contributed by atoms with Gasteiger partial charge in [0.25, 0.3) is 17.7 Å². The predicted molar refractivity (Wildman–Crippen MR) is 105 cm³/mol. The summed E-state index contributed by atoms with van der Waals surface area (Å²) in [6.07, 6.45) is -0.174. The zero-order chi connectivity index (χ0) is 23.8. The molecule has 2 saturated heterocycles. The number of unbranched alkanes of at least 4 members (excludes halogenated alkanes) is 1. The standard InChI is InChI=1S/C20H29N3O9/c1-12(2)11-13(20(30)32-23-17(27)9-10-18(23)28)21-14(24)5-3-4-6-19(29)31-22-15(25)7-8-16(22)26/h12-13,17,27H,3-11H2,1-2H3,(H,21,24)/t13-,17?/m0/s1. The first kappa shape index (κ1) is 25.2. The largest absolute Gasteiger partial charge is 0.370 e. The number of amides is 4. The number of nitrogens with zero attached hydrogens (tertiary/aromatic N) is 2. The second-order valence-electron chi connectivity index (χ2n) is 8.15. The summed E-state index contributed by atoms with van der Waals surface area (Å²) < 4.78 is 0. The summed E-state index contributed by atoms with van der Waals surface area (Å²) in [5.74, 6) is -3.63. The van der Waals surface area contributed by atoms with Gasteiger partial charge in [0.2, 0.25) is 5.91 Å². The lowest BCUT2D eigenvalue weighted by molar-refractivity contribution is -0.222. The molecular weight excluding hydrogens is 426 g/mol. The van der Waals surface area contributed by atoms with E-state index in [0.29, 0.717) is 16.5 Å². The smallest absolute Gasteiger partial charge is 0.354 e. The summed E-state index contributed by atoms with van der Waals surface area (Å²) in [6.45, 7) is 3.70. The number of rotatable bonds is 11. The van der Waals surface area contributed by atoms with Gasteiger partial charge in [-0.1, -0.05) is 13.8 Å². The highest BCUT2D eigenvalue weighted by Gasteiger charge is 2.35. The van der Waals surface area contributed by atoms with Crippen molar-refractivity contribution in [1.29, 1.82) is 0 Å². The molecule has 0 aromatic carbocycles. The van der Waals surface area contributed by atoms with E-state index >= 15 is 0 Å². The van der Waals surface area contributed by atoms with Gasteiger partial charge in [0.15, 0.2) is 6.23 Å². The molecule has 0 radical (unpaired) electrons. The average Bonchev–Trinajstić information content (AvgIpc) is 3.20.